The van der Waals surface area contributed by atoms with E-state index in [1.807, 2.05) is 30.3 Å². The average Bonchev–Trinajstić information content (AvgIpc) is 2.59. The first-order valence-corrected chi connectivity index (χ1v) is 8.99. The summed E-state index contributed by atoms with van der Waals surface area (Å²) in [5.74, 6) is -0.0000926. The van der Waals surface area contributed by atoms with Gasteiger partial charge in [-0.3, -0.25) is 4.79 Å². The summed E-state index contributed by atoms with van der Waals surface area (Å²) in [7, 11) is -1.34. The molecule has 2 N–H and O–H groups in total. The van der Waals surface area contributed by atoms with Gasteiger partial charge in [0.05, 0.1) is 14.9 Å². The molecule has 0 saturated carbocycles. The normalized spacial score (nSPS) is 13.3. The molecule has 7 nitrogen and oxygen atoms in total. The number of ketones is 1. The van der Waals surface area contributed by atoms with Crippen LogP contribution in [0.1, 0.15) is 22.0 Å². The lowest BCUT2D eigenvalue weighted by atomic mass is 9.95. The van der Waals surface area contributed by atoms with E-state index in [2.05, 4.69) is 5.32 Å². The number of methoxy groups -OCH3 is 1. The number of halogens is 2. The van der Waals surface area contributed by atoms with Gasteiger partial charge in [-0.1, -0.05) is 54.1 Å². The second-order valence-corrected chi connectivity index (χ2v) is 6.33. The molecular weight excluding hydrogens is 385 g/mol. The molecule has 0 saturated heterocycles. The van der Waals surface area contributed by atoms with E-state index in [0.717, 1.165) is 5.56 Å². The average molecular weight is 404 g/mol. The van der Waals surface area contributed by atoms with E-state index in [-0.39, 0.29) is 11.9 Å². The van der Waals surface area contributed by atoms with E-state index < -0.39 is 16.3 Å². The van der Waals surface area contributed by atoms with Crippen LogP contribution in [0, 0.1) is 10.2 Å². The lowest BCUT2D eigenvalue weighted by Gasteiger charge is -2.25. The van der Waals surface area contributed by atoms with Crippen LogP contribution in [0.5, 0.6) is 0 Å². The molecule has 142 valence electrons. The summed E-state index contributed by atoms with van der Waals surface area (Å²) in [6, 6.07) is 16.1. The molecule has 2 unspecified atom stereocenters. The third kappa shape index (κ3) is 7.77. The van der Waals surface area contributed by atoms with Gasteiger partial charge >= 0.3 is 0 Å². The molecule has 0 bridgehead atoms. The molecule has 0 heterocycles. The van der Waals surface area contributed by atoms with E-state index in [9.17, 15) is 4.79 Å². The highest BCUT2D eigenvalue weighted by molar-refractivity contribution is 6.30. The number of carbonyl (C=O) groups is 1. The summed E-state index contributed by atoms with van der Waals surface area (Å²) in [6.45, 7) is 0. The van der Waals surface area contributed by atoms with Crippen molar-refractivity contribution in [3.8, 4) is 0 Å². The highest BCUT2D eigenvalue weighted by Gasteiger charge is 2.29. The van der Waals surface area contributed by atoms with Crippen molar-refractivity contribution in [1.29, 1.82) is 0 Å². The van der Waals surface area contributed by atoms with E-state index in [4.69, 9.17) is 35.0 Å². The second-order valence-electron chi connectivity index (χ2n) is 5.10. The molecule has 2 aromatic rings. The van der Waals surface area contributed by atoms with Crippen LogP contribution in [-0.4, -0.2) is 30.6 Å². The minimum atomic E-state index is -4.69. The minimum Gasteiger partial charge on any atom is -0.375 e. The van der Waals surface area contributed by atoms with Crippen LogP contribution in [0.2, 0.25) is 5.02 Å². The quantitative estimate of drug-likeness (QED) is 0.614. The summed E-state index contributed by atoms with van der Waals surface area (Å²) >= 11 is 5.91. The van der Waals surface area contributed by atoms with E-state index in [1.165, 1.54) is 0 Å². The first-order chi connectivity index (χ1) is 12.2. The number of likely N-dealkylation sites (N-methyl/N-ethyl adjacent to an activating group) is 1. The number of hydrogen-bond donors (Lipinski definition) is 2. The van der Waals surface area contributed by atoms with Crippen LogP contribution in [0.4, 0.5) is 0 Å². The molecule has 0 amide bonds. The maximum atomic E-state index is 12.6. The Morgan fingerprint density at radius 3 is 2.04 bits per heavy atom. The van der Waals surface area contributed by atoms with E-state index in [1.54, 1.807) is 38.4 Å². The zero-order valence-corrected chi connectivity index (χ0v) is 15.6. The van der Waals surface area contributed by atoms with Gasteiger partial charge in [0.25, 0.3) is 0 Å². The topological polar surface area (TPSA) is 128 Å². The zero-order valence-electron chi connectivity index (χ0n) is 14.1. The molecule has 0 aliphatic heterocycles. The van der Waals surface area contributed by atoms with Gasteiger partial charge in [-0.2, -0.15) is 14.0 Å². The van der Waals surface area contributed by atoms with Crippen molar-refractivity contribution in [1.82, 2.24) is 5.32 Å². The van der Waals surface area contributed by atoms with Gasteiger partial charge in [0.2, 0.25) is 0 Å². The molecular formula is C17H19Cl2NO6. The predicted octanol–water partition coefficient (Wildman–Crippen LogP) is -0.626. The highest BCUT2D eigenvalue weighted by atomic mass is 35.7. The Bertz CT molecular complexity index is 670. The Kier molecular flexibility index (Phi) is 9.14. The van der Waals surface area contributed by atoms with Crippen LogP contribution in [0.3, 0.4) is 0 Å². The third-order valence-corrected chi connectivity index (χ3v) is 3.66. The molecule has 0 fully saturated rings. The van der Waals surface area contributed by atoms with Gasteiger partial charge in [-0.25, -0.2) is 0 Å². The molecule has 0 aliphatic carbocycles. The van der Waals surface area contributed by atoms with Gasteiger partial charge in [-0.05, 0) is 24.7 Å². The minimum absolute atomic E-state index is 0.0000926. The predicted molar refractivity (Wildman–Crippen MR) is 87.0 cm³/mol. The Balaban J connectivity index is 0.000000597. The molecule has 0 aromatic heterocycles. The molecule has 0 aliphatic rings. The van der Waals surface area contributed by atoms with Gasteiger partial charge < -0.3 is 10.1 Å². The molecule has 0 spiro atoms. The summed E-state index contributed by atoms with van der Waals surface area (Å²) in [6.07, 6.45) is -0.375. The number of ether oxygens (including phenoxy) is 1. The highest BCUT2D eigenvalue weighted by Crippen LogP contribution is 2.24. The van der Waals surface area contributed by atoms with Crippen LogP contribution in [0.25, 0.3) is 0 Å². The molecule has 9 heteroatoms. The van der Waals surface area contributed by atoms with Crippen molar-refractivity contribution < 1.29 is 38.4 Å². The number of Topliss-reactive ketones (excluding diaryl/α,β-unsaturated/α-hetero) is 1. The van der Waals surface area contributed by atoms with Crippen LogP contribution < -0.4 is 19.3 Å². The summed E-state index contributed by atoms with van der Waals surface area (Å²) in [4.78, 5) is 12.6. The fraction of sp³-hybridized carbons (Fsp3) is 0.235. The lowest BCUT2D eigenvalue weighted by molar-refractivity contribution is -1.92. The van der Waals surface area contributed by atoms with Crippen molar-refractivity contribution in [3.63, 3.8) is 0 Å². The van der Waals surface area contributed by atoms with Crippen molar-refractivity contribution in [3.05, 3.63) is 70.7 Å². The van der Waals surface area contributed by atoms with Gasteiger partial charge in [0.15, 0.2) is 5.78 Å². The van der Waals surface area contributed by atoms with Crippen LogP contribution in [-0.2, 0) is 4.74 Å². The monoisotopic (exact) mass is 403 g/mol. The largest absolute Gasteiger partial charge is 0.375 e. The van der Waals surface area contributed by atoms with Crippen molar-refractivity contribution in [2.45, 2.75) is 12.1 Å². The van der Waals surface area contributed by atoms with Gasteiger partial charge in [0.1, 0.15) is 12.1 Å². The molecule has 0 radical (unpaired) electrons. The maximum absolute atomic E-state index is 12.6. The summed E-state index contributed by atoms with van der Waals surface area (Å²) < 4.78 is 38.3. The first kappa shape index (κ1) is 22.5. The Morgan fingerprint density at radius 2 is 1.62 bits per heavy atom. The second kappa shape index (κ2) is 10.6. The summed E-state index contributed by atoms with van der Waals surface area (Å²) in [5.41, 5.74) is 1.57. The van der Waals surface area contributed by atoms with Gasteiger partial charge in [-0.15, -0.1) is 0 Å². The Hall–Kier alpha value is -1.55. The molecule has 2 rings (SSSR count). The van der Waals surface area contributed by atoms with E-state index >= 15 is 0 Å². The van der Waals surface area contributed by atoms with E-state index in [0.29, 0.717) is 10.6 Å². The zero-order chi connectivity index (χ0) is 19.7. The van der Waals surface area contributed by atoms with Crippen LogP contribution >= 0.6 is 11.6 Å². The number of rotatable bonds is 6. The van der Waals surface area contributed by atoms with Crippen molar-refractivity contribution in [2.75, 3.05) is 14.2 Å². The number of hydrogen-bond acceptors (Lipinski definition) is 7. The molecule has 26 heavy (non-hydrogen) atoms. The van der Waals surface area contributed by atoms with Crippen LogP contribution in [0.15, 0.2) is 54.6 Å². The number of nitrogens with one attached hydrogen (secondary N) is 1. The first-order valence-electron chi connectivity index (χ1n) is 7.35. The number of carbonyl (C=O) groups excluding carboxylic acids is 1. The maximum Gasteiger partial charge on any atom is 0.182 e. The lowest BCUT2D eigenvalue weighted by Crippen LogP contribution is -2.58. The summed E-state index contributed by atoms with van der Waals surface area (Å²) in [5, 5.41) is 3.71. The Morgan fingerprint density at radius 1 is 1.12 bits per heavy atom. The standard InChI is InChI=1S/C17H18ClNO2.ClHO4/c1-19-15(16(20)12-6-4-3-5-7-12)17(21-2)13-8-10-14(18)11-9-13;2-1(3,4)5/h3-11,15,17,19H,1-2H3;(H,2,3,4,5). The SMILES string of the molecule is CNC(C(=O)c1ccccc1)C(OC)c1ccc(Cl)cc1.[O-][Cl+3]([O-])([O-])O. The fourth-order valence-corrected chi connectivity index (χ4v) is 2.44. The molecule has 2 atom stereocenters. The third-order valence-electron chi connectivity index (χ3n) is 3.41. The smallest absolute Gasteiger partial charge is 0.182 e. The van der Waals surface area contributed by atoms with Crippen molar-refractivity contribution >= 4 is 17.4 Å². The fourth-order valence-electron chi connectivity index (χ4n) is 2.32. The van der Waals surface area contributed by atoms with Gasteiger partial charge in [0, 0.05) is 17.7 Å². The van der Waals surface area contributed by atoms with Crippen molar-refractivity contribution in [2.24, 2.45) is 0 Å². The number of benzene rings is 2. The Labute approximate surface area is 158 Å². The molecule has 2 aromatic carbocycles.